The molecule has 0 aromatic carbocycles. The van der Waals surface area contributed by atoms with Crippen LogP contribution in [-0.4, -0.2) is 22.9 Å². The molecular weight excluding hydrogens is 204 g/mol. The van der Waals surface area contributed by atoms with Gasteiger partial charge >= 0.3 is 0 Å². The maximum Gasteiger partial charge on any atom is 0.216 e. The number of ether oxygens (including phenoxy) is 1. The lowest BCUT2D eigenvalue weighted by Gasteiger charge is -2.04. The molecule has 0 aliphatic heterocycles. The lowest BCUT2D eigenvalue weighted by Crippen LogP contribution is -2.04. The first-order chi connectivity index (χ1) is 7.63. The van der Waals surface area contributed by atoms with Crippen LogP contribution in [0.3, 0.4) is 0 Å². The zero-order valence-corrected chi connectivity index (χ0v) is 10.1. The Labute approximate surface area is 96.1 Å². The van der Waals surface area contributed by atoms with Crippen LogP contribution in [0.2, 0.25) is 0 Å². The lowest BCUT2D eigenvalue weighted by atomic mass is 10.0. The molecule has 88 valence electrons. The van der Waals surface area contributed by atoms with Crippen molar-refractivity contribution >= 4 is 5.78 Å². The zero-order chi connectivity index (χ0) is 12.0. The van der Waals surface area contributed by atoms with Gasteiger partial charge in [0, 0.05) is 12.5 Å². The van der Waals surface area contributed by atoms with Gasteiger partial charge in [-0.25, -0.2) is 9.97 Å². The van der Waals surface area contributed by atoms with E-state index in [4.69, 9.17) is 4.74 Å². The maximum absolute atomic E-state index is 11.7. The highest BCUT2D eigenvalue weighted by Crippen LogP contribution is 2.12. The van der Waals surface area contributed by atoms with E-state index in [-0.39, 0.29) is 5.78 Å². The Balaban J connectivity index is 2.52. The van der Waals surface area contributed by atoms with Crippen LogP contribution in [0.25, 0.3) is 0 Å². The van der Waals surface area contributed by atoms with Crippen molar-refractivity contribution in [2.75, 3.05) is 7.11 Å². The molecule has 16 heavy (non-hydrogen) atoms. The van der Waals surface area contributed by atoms with E-state index in [9.17, 15) is 4.79 Å². The van der Waals surface area contributed by atoms with Gasteiger partial charge in [0.2, 0.25) is 5.88 Å². The Bertz CT molecular complexity index is 351. The zero-order valence-electron chi connectivity index (χ0n) is 10.1. The summed E-state index contributed by atoms with van der Waals surface area (Å²) in [6, 6.07) is 1.58. The van der Waals surface area contributed by atoms with E-state index in [2.05, 4.69) is 23.8 Å². The second-order valence-corrected chi connectivity index (χ2v) is 4.15. The predicted octanol–water partition coefficient (Wildman–Crippen LogP) is 2.49. The molecule has 0 atom stereocenters. The van der Waals surface area contributed by atoms with Gasteiger partial charge in [-0.05, 0) is 12.3 Å². The third kappa shape index (κ3) is 3.96. The summed E-state index contributed by atoms with van der Waals surface area (Å²) in [5.41, 5.74) is 0.440. The number of hydrogen-bond acceptors (Lipinski definition) is 4. The van der Waals surface area contributed by atoms with Crippen molar-refractivity contribution in [3.63, 3.8) is 0 Å². The first kappa shape index (κ1) is 12.6. The van der Waals surface area contributed by atoms with E-state index in [1.807, 2.05) is 0 Å². The fourth-order valence-corrected chi connectivity index (χ4v) is 1.40. The van der Waals surface area contributed by atoms with Gasteiger partial charge in [0.05, 0.1) is 7.11 Å². The van der Waals surface area contributed by atoms with Gasteiger partial charge in [0.25, 0.3) is 0 Å². The lowest BCUT2D eigenvalue weighted by molar-refractivity contribution is 0.0972. The molecule has 0 saturated heterocycles. The van der Waals surface area contributed by atoms with Gasteiger partial charge in [0.1, 0.15) is 12.0 Å². The summed E-state index contributed by atoms with van der Waals surface area (Å²) in [5.74, 6) is 1.12. The molecule has 4 heteroatoms. The van der Waals surface area contributed by atoms with E-state index >= 15 is 0 Å². The van der Waals surface area contributed by atoms with Crippen molar-refractivity contribution in [1.29, 1.82) is 0 Å². The number of carbonyl (C=O) groups excluding carboxylic acids is 1. The highest BCUT2D eigenvalue weighted by Gasteiger charge is 2.09. The quantitative estimate of drug-likeness (QED) is 0.694. The first-order valence-corrected chi connectivity index (χ1v) is 5.52. The minimum absolute atomic E-state index is 0.0568. The second-order valence-electron chi connectivity index (χ2n) is 4.15. The van der Waals surface area contributed by atoms with Gasteiger partial charge in [-0.15, -0.1) is 0 Å². The van der Waals surface area contributed by atoms with Crippen molar-refractivity contribution < 1.29 is 9.53 Å². The molecule has 0 saturated carbocycles. The summed E-state index contributed by atoms with van der Waals surface area (Å²) in [7, 11) is 1.52. The monoisotopic (exact) mass is 222 g/mol. The standard InChI is InChI=1S/C12H18N2O2/c1-9(2)5-4-6-11(15)10-7-12(16-3)14-8-13-10/h7-9H,4-6H2,1-3H3. The van der Waals surface area contributed by atoms with E-state index in [1.54, 1.807) is 6.07 Å². The number of rotatable bonds is 6. The van der Waals surface area contributed by atoms with E-state index in [0.717, 1.165) is 12.8 Å². The highest BCUT2D eigenvalue weighted by atomic mass is 16.5. The molecule has 0 spiro atoms. The molecule has 0 aliphatic rings. The van der Waals surface area contributed by atoms with Crippen molar-refractivity contribution in [3.05, 3.63) is 18.1 Å². The largest absolute Gasteiger partial charge is 0.481 e. The van der Waals surface area contributed by atoms with Crippen LogP contribution in [0.15, 0.2) is 12.4 Å². The third-order valence-electron chi connectivity index (χ3n) is 2.32. The summed E-state index contributed by atoms with van der Waals surface area (Å²) < 4.78 is 4.94. The van der Waals surface area contributed by atoms with Crippen molar-refractivity contribution in [2.24, 2.45) is 5.92 Å². The van der Waals surface area contributed by atoms with Crippen LogP contribution in [0, 0.1) is 5.92 Å². The molecule has 0 unspecified atom stereocenters. The maximum atomic E-state index is 11.7. The van der Waals surface area contributed by atoms with Gasteiger partial charge in [-0.3, -0.25) is 4.79 Å². The fraction of sp³-hybridized carbons (Fsp3) is 0.583. The summed E-state index contributed by atoms with van der Waals surface area (Å²) in [4.78, 5) is 19.6. The number of carbonyl (C=O) groups is 1. The number of hydrogen-bond donors (Lipinski definition) is 0. The van der Waals surface area contributed by atoms with Crippen LogP contribution in [0.1, 0.15) is 43.6 Å². The highest BCUT2D eigenvalue weighted by molar-refractivity contribution is 5.94. The third-order valence-corrected chi connectivity index (χ3v) is 2.32. The Morgan fingerprint density at radius 2 is 2.19 bits per heavy atom. The van der Waals surface area contributed by atoms with Crippen LogP contribution >= 0.6 is 0 Å². The smallest absolute Gasteiger partial charge is 0.216 e. The molecule has 0 bridgehead atoms. The summed E-state index contributed by atoms with van der Waals surface area (Å²) in [5, 5.41) is 0. The summed E-state index contributed by atoms with van der Waals surface area (Å²) >= 11 is 0. The van der Waals surface area contributed by atoms with Crippen molar-refractivity contribution in [2.45, 2.75) is 33.1 Å². The SMILES string of the molecule is COc1cc(C(=O)CCCC(C)C)ncn1. The van der Waals surface area contributed by atoms with E-state index < -0.39 is 0 Å². The molecule has 0 amide bonds. The molecule has 1 aromatic heterocycles. The molecule has 1 aromatic rings. The Morgan fingerprint density at radius 3 is 2.81 bits per heavy atom. The van der Waals surface area contributed by atoms with Gasteiger partial charge in [0.15, 0.2) is 5.78 Å². The van der Waals surface area contributed by atoms with Crippen molar-refractivity contribution in [3.8, 4) is 5.88 Å². The Kier molecular flexibility index (Phi) is 4.89. The van der Waals surface area contributed by atoms with Crippen LogP contribution < -0.4 is 4.74 Å². The van der Waals surface area contributed by atoms with Gasteiger partial charge < -0.3 is 4.74 Å². The molecule has 0 aliphatic carbocycles. The number of methoxy groups -OCH3 is 1. The fourth-order valence-electron chi connectivity index (χ4n) is 1.40. The van der Waals surface area contributed by atoms with Crippen LogP contribution in [-0.2, 0) is 0 Å². The molecule has 1 heterocycles. The second kappa shape index (κ2) is 6.20. The number of Topliss-reactive ketones (excluding diaryl/α,β-unsaturated/α-hetero) is 1. The number of ketones is 1. The molecule has 1 rings (SSSR count). The van der Waals surface area contributed by atoms with E-state index in [1.165, 1.54) is 13.4 Å². The summed E-state index contributed by atoms with van der Waals surface area (Å²) in [6.07, 6.45) is 3.86. The number of aromatic nitrogens is 2. The number of nitrogens with zero attached hydrogens (tertiary/aromatic N) is 2. The minimum atomic E-state index is 0.0568. The van der Waals surface area contributed by atoms with E-state index in [0.29, 0.717) is 23.9 Å². The van der Waals surface area contributed by atoms with Crippen molar-refractivity contribution in [1.82, 2.24) is 9.97 Å². The summed E-state index contributed by atoms with van der Waals surface area (Å²) in [6.45, 7) is 4.30. The normalized spacial score (nSPS) is 10.5. The van der Waals surface area contributed by atoms with Crippen LogP contribution in [0.5, 0.6) is 5.88 Å². The Hall–Kier alpha value is -1.45. The first-order valence-electron chi connectivity index (χ1n) is 5.52. The molecule has 0 radical (unpaired) electrons. The average Bonchev–Trinajstić information content (AvgIpc) is 2.28. The molecular formula is C12H18N2O2. The van der Waals surface area contributed by atoms with Gasteiger partial charge in [-0.1, -0.05) is 20.3 Å². The molecule has 0 fully saturated rings. The minimum Gasteiger partial charge on any atom is -0.481 e. The van der Waals surface area contributed by atoms with Gasteiger partial charge in [-0.2, -0.15) is 0 Å². The Morgan fingerprint density at radius 1 is 1.44 bits per heavy atom. The van der Waals surface area contributed by atoms with Crippen LogP contribution in [0.4, 0.5) is 0 Å². The average molecular weight is 222 g/mol. The molecule has 4 nitrogen and oxygen atoms in total. The molecule has 0 N–H and O–H groups in total. The topological polar surface area (TPSA) is 52.1 Å². The predicted molar refractivity (Wildman–Crippen MR) is 61.6 cm³/mol.